The zero-order valence-corrected chi connectivity index (χ0v) is 12.4. The smallest absolute Gasteiger partial charge is 0.416 e. The van der Waals surface area contributed by atoms with E-state index in [1.165, 1.54) is 13.2 Å². The summed E-state index contributed by atoms with van der Waals surface area (Å²) in [6, 6.07) is 3.38. The van der Waals surface area contributed by atoms with Gasteiger partial charge in [0, 0.05) is 32.6 Å². The van der Waals surface area contributed by atoms with Crippen LogP contribution in [0.5, 0.6) is 5.75 Å². The van der Waals surface area contributed by atoms with E-state index >= 15 is 0 Å². The van der Waals surface area contributed by atoms with E-state index in [1.807, 2.05) is 0 Å². The van der Waals surface area contributed by atoms with Gasteiger partial charge in [-0.3, -0.25) is 4.79 Å². The third kappa shape index (κ3) is 4.13. The molecule has 1 aliphatic heterocycles. The lowest BCUT2D eigenvalue weighted by atomic mass is 10.0. The number of amides is 1. The number of benzene rings is 1. The molecule has 1 amide bonds. The van der Waals surface area contributed by atoms with Crippen molar-refractivity contribution in [1.29, 1.82) is 0 Å². The minimum atomic E-state index is -4.40. The summed E-state index contributed by atoms with van der Waals surface area (Å²) in [5.74, 6) is 0.186. The van der Waals surface area contributed by atoms with Crippen molar-refractivity contribution in [2.45, 2.75) is 19.0 Å². The van der Waals surface area contributed by atoms with Crippen molar-refractivity contribution in [2.24, 2.45) is 0 Å². The molecule has 0 atom stereocenters. The number of nitrogens with zero attached hydrogens (tertiary/aromatic N) is 1. The van der Waals surface area contributed by atoms with Gasteiger partial charge in [0.2, 0.25) is 5.91 Å². The Balaban J connectivity index is 2.01. The van der Waals surface area contributed by atoms with E-state index in [4.69, 9.17) is 4.74 Å². The monoisotopic (exact) mass is 316 g/mol. The first kappa shape index (κ1) is 16.6. The Morgan fingerprint density at radius 1 is 1.32 bits per heavy atom. The lowest BCUT2D eigenvalue weighted by Gasteiger charge is -2.27. The summed E-state index contributed by atoms with van der Waals surface area (Å²) < 4.78 is 43.0. The third-order valence-corrected chi connectivity index (χ3v) is 3.69. The Labute approximate surface area is 127 Å². The molecule has 4 nitrogen and oxygen atoms in total. The predicted octanol–water partition coefficient (Wildman–Crippen LogP) is 2.08. The van der Waals surface area contributed by atoms with Crippen molar-refractivity contribution < 1.29 is 22.7 Å². The number of carbonyl (C=O) groups excluding carboxylic acids is 1. The van der Waals surface area contributed by atoms with E-state index in [9.17, 15) is 18.0 Å². The van der Waals surface area contributed by atoms with Gasteiger partial charge in [0.1, 0.15) is 5.75 Å². The van der Waals surface area contributed by atoms with Crippen LogP contribution in [0.4, 0.5) is 13.2 Å². The van der Waals surface area contributed by atoms with Crippen LogP contribution in [0.2, 0.25) is 0 Å². The summed E-state index contributed by atoms with van der Waals surface area (Å²) in [6.07, 6.45) is -3.77. The molecule has 0 aliphatic carbocycles. The lowest BCUT2D eigenvalue weighted by Crippen LogP contribution is -2.46. The van der Waals surface area contributed by atoms with Gasteiger partial charge in [-0.25, -0.2) is 0 Å². The molecule has 0 saturated carbocycles. The SMILES string of the molecule is COc1cc(C(F)(F)F)ccc1CCC(=O)N1CCNCC1. The fraction of sp³-hybridized carbons (Fsp3) is 0.533. The predicted molar refractivity (Wildman–Crippen MR) is 75.8 cm³/mol. The van der Waals surface area contributed by atoms with Crippen LogP contribution in [0.1, 0.15) is 17.5 Å². The number of ether oxygens (including phenoxy) is 1. The van der Waals surface area contributed by atoms with Crippen molar-refractivity contribution in [3.05, 3.63) is 29.3 Å². The van der Waals surface area contributed by atoms with E-state index in [0.717, 1.165) is 25.2 Å². The number of nitrogens with one attached hydrogen (secondary N) is 1. The summed E-state index contributed by atoms with van der Waals surface area (Å²) in [4.78, 5) is 13.8. The van der Waals surface area contributed by atoms with E-state index in [2.05, 4.69) is 5.32 Å². The van der Waals surface area contributed by atoms with Gasteiger partial charge in [-0.05, 0) is 24.1 Å². The van der Waals surface area contributed by atoms with Crippen LogP contribution in [0, 0.1) is 0 Å². The Kier molecular flexibility index (Phi) is 5.28. The largest absolute Gasteiger partial charge is 0.496 e. The van der Waals surface area contributed by atoms with E-state index in [1.54, 1.807) is 4.90 Å². The first-order valence-electron chi connectivity index (χ1n) is 7.14. The fourth-order valence-corrected chi connectivity index (χ4v) is 2.44. The number of carbonyl (C=O) groups is 1. The van der Waals surface area contributed by atoms with Gasteiger partial charge in [0.15, 0.2) is 0 Å². The van der Waals surface area contributed by atoms with Gasteiger partial charge in [-0.2, -0.15) is 13.2 Å². The molecule has 0 bridgehead atoms. The Bertz CT molecular complexity index is 526. The number of hydrogen-bond acceptors (Lipinski definition) is 3. The topological polar surface area (TPSA) is 41.6 Å². The van der Waals surface area contributed by atoms with Gasteiger partial charge in [0.05, 0.1) is 12.7 Å². The zero-order chi connectivity index (χ0) is 16.2. The van der Waals surface area contributed by atoms with E-state index < -0.39 is 11.7 Å². The highest BCUT2D eigenvalue weighted by Crippen LogP contribution is 2.33. The summed E-state index contributed by atoms with van der Waals surface area (Å²) >= 11 is 0. The number of rotatable bonds is 4. The maximum Gasteiger partial charge on any atom is 0.416 e. The quantitative estimate of drug-likeness (QED) is 0.925. The van der Waals surface area contributed by atoms with Gasteiger partial charge in [0.25, 0.3) is 0 Å². The molecule has 22 heavy (non-hydrogen) atoms. The molecule has 1 aliphatic rings. The second-order valence-corrected chi connectivity index (χ2v) is 5.16. The van der Waals surface area contributed by atoms with Crippen molar-refractivity contribution in [1.82, 2.24) is 10.2 Å². The molecule has 122 valence electrons. The molecule has 1 aromatic rings. The highest BCUT2D eigenvalue weighted by Gasteiger charge is 2.31. The molecule has 1 fully saturated rings. The average Bonchev–Trinajstić information content (AvgIpc) is 2.52. The molecule has 1 aromatic carbocycles. The number of halogens is 3. The van der Waals surface area contributed by atoms with Crippen LogP contribution in [0.15, 0.2) is 18.2 Å². The van der Waals surface area contributed by atoms with Gasteiger partial charge in [-0.15, -0.1) is 0 Å². The van der Waals surface area contributed by atoms with Crippen molar-refractivity contribution in [2.75, 3.05) is 33.3 Å². The Morgan fingerprint density at radius 3 is 2.59 bits per heavy atom. The van der Waals surface area contributed by atoms with Crippen LogP contribution in [-0.2, 0) is 17.4 Å². The van der Waals surface area contributed by atoms with E-state index in [0.29, 0.717) is 25.1 Å². The zero-order valence-electron chi connectivity index (χ0n) is 12.4. The number of methoxy groups -OCH3 is 1. The minimum absolute atomic E-state index is 0.0171. The second-order valence-electron chi connectivity index (χ2n) is 5.16. The van der Waals surface area contributed by atoms with Gasteiger partial charge in [-0.1, -0.05) is 6.07 Å². The summed E-state index contributed by atoms with van der Waals surface area (Å²) in [7, 11) is 1.33. The third-order valence-electron chi connectivity index (χ3n) is 3.69. The first-order chi connectivity index (χ1) is 10.4. The number of alkyl halides is 3. The van der Waals surface area contributed by atoms with Crippen molar-refractivity contribution >= 4 is 5.91 Å². The summed E-state index contributed by atoms with van der Waals surface area (Å²) in [6.45, 7) is 2.89. The summed E-state index contributed by atoms with van der Waals surface area (Å²) in [5, 5.41) is 3.16. The van der Waals surface area contributed by atoms with Crippen molar-refractivity contribution in [3.63, 3.8) is 0 Å². The normalized spacial score (nSPS) is 15.7. The molecule has 0 unspecified atom stereocenters. The minimum Gasteiger partial charge on any atom is -0.496 e. The first-order valence-corrected chi connectivity index (χ1v) is 7.14. The van der Waals surface area contributed by atoms with Crippen LogP contribution in [0.25, 0.3) is 0 Å². The molecule has 0 spiro atoms. The summed E-state index contributed by atoms with van der Waals surface area (Å²) in [5.41, 5.74) is -0.138. The Morgan fingerprint density at radius 2 is 2.00 bits per heavy atom. The maximum atomic E-state index is 12.7. The van der Waals surface area contributed by atoms with Crippen LogP contribution < -0.4 is 10.1 Å². The second kappa shape index (κ2) is 7.00. The average molecular weight is 316 g/mol. The van der Waals surface area contributed by atoms with Crippen LogP contribution in [-0.4, -0.2) is 44.1 Å². The van der Waals surface area contributed by atoms with Gasteiger partial charge >= 0.3 is 6.18 Å². The van der Waals surface area contributed by atoms with E-state index in [-0.39, 0.29) is 18.1 Å². The molecular formula is C15H19F3N2O2. The fourth-order valence-electron chi connectivity index (χ4n) is 2.44. The molecular weight excluding hydrogens is 297 g/mol. The molecule has 1 N–H and O–H groups in total. The molecule has 1 heterocycles. The molecule has 1 saturated heterocycles. The highest BCUT2D eigenvalue weighted by molar-refractivity contribution is 5.76. The van der Waals surface area contributed by atoms with Crippen LogP contribution in [0.3, 0.4) is 0 Å². The van der Waals surface area contributed by atoms with Crippen LogP contribution >= 0.6 is 0 Å². The van der Waals surface area contributed by atoms with Crippen molar-refractivity contribution in [3.8, 4) is 5.75 Å². The lowest BCUT2D eigenvalue weighted by molar-refractivity contribution is -0.137. The highest BCUT2D eigenvalue weighted by atomic mass is 19.4. The Hall–Kier alpha value is -1.76. The maximum absolute atomic E-state index is 12.7. The standard InChI is InChI=1S/C15H19F3N2O2/c1-22-13-10-12(15(16,17)18)4-2-11(13)3-5-14(21)20-8-6-19-7-9-20/h2,4,10,19H,3,5-9H2,1H3. The molecule has 0 radical (unpaired) electrons. The molecule has 0 aromatic heterocycles. The molecule has 2 rings (SSSR count). The number of piperazine rings is 1. The number of hydrogen-bond donors (Lipinski definition) is 1. The number of aryl methyl sites for hydroxylation is 1. The molecule has 7 heteroatoms. The van der Waals surface area contributed by atoms with Gasteiger partial charge < -0.3 is 15.0 Å².